The molecule has 0 N–H and O–H groups in total. The van der Waals surface area contributed by atoms with Crippen LogP contribution in [0, 0.1) is 11.2 Å². The van der Waals surface area contributed by atoms with E-state index in [-0.39, 0.29) is 16.9 Å². The van der Waals surface area contributed by atoms with Crippen LogP contribution in [0.5, 0.6) is 5.75 Å². The molecule has 2 heterocycles. The highest BCUT2D eigenvalue weighted by atomic mass is 19.4. The van der Waals surface area contributed by atoms with Crippen LogP contribution in [-0.4, -0.2) is 40.0 Å². The van der Waals surface area contributed by atoms with Crippen LogP contribution in [0.1, 0.15) is 35.7 Å². The smallest absolute Gasteiger partial charge is 0.403 e. The highest BCUT2D eigenvalue weighted by Gasteiger charge is 2.43. The number of nitrogens with zero attached hydrogens (tertiary/aromatic N) is 3. The Bertz CT molecular complexity index is 861. The molecule has 0 bridgehead atoms. The first-order chi connectivity index (χ1) is 12.5. The van der Waals surface area contributed by atoms with Crippen LogP contribution in [0.25, 0.3) is 0 Å². The summed E-state index contributed by atoms with van der Waals surface area (Å²) in [5.74, 6) is -2.64. The van der Waals surface area contributed by atoms with E-state index in [0.717, 1.165) is 23.8 Å². The molecule has 5 nitrogen and oxygen atoms in total. The lowest BCUT2D eigenvalue weighted by molar-refractivity contribution is -0.275. The van der Waals surface area contributed by atoms with Gasteiger partial charge < -0.3 is 9.64 Å². The largest absolute Gasteiger partial charge is 0.573 e. The van der Waals surface area contributed by atoms with Gasteiger partial charge in [0, 0.05) is 37.8 Å². The molecule has 2 aromatic rings. The molecule has 1 aliphatic rings. The van der Waals surface area contributed by atoms with Gasteiger partial charge in [-0.2, -0.15) is 5.10 Å². The lowest BCUT2D eigenvalue weighted by Crippen LogP contribution is -2.30. The third-order valence-corrected chi connectivity index (χ3v) is 4.76. The molecule has 1 aliphatic heterocycles. The molecule has 0 saturated carbocycles. The summed E-state index contributed by atoms with van der Waals surface area (Å²) in [4.78, 5) is 14.3. The number of carbonyl (C=O) groups excluding carboxylic acids is 1. The van der Waals surface area contributed by atoms with Crippen LogP contribution in [-0.2, 0) is 7.05 Å². The zero-order valence-electron chi connectivity index (χ0n) is 15.0. The number of likely N-dealkylation sites (tertiary alicyclic amines) is 1. The van der Waals surface area contributed by atoms with Gasteiger partial charge in [0.05, 0.1) is 6.20 Å². The van der Waals surface area contributed by atoms with Crippen molar-refractivity contribution in [1.82, 2.24) is 14.7 Å². The van der Waals surface area contributed by atoms with Crippen LogP contribution >= 0.6 is 0 Å². The van der Waals surface area contributed by atoms with Crippen LogP contribution < -0.4 is 4.74 Å². The predicted octanol–water partition coefficient (Wildman–Crippen LogP) is 3.72. The molecule has 9 heteroatoms. The maximum Gasteiger partial charge on any atom is 0.573 e. The van der Waals surface area contributed by atoms with Crippen molar-refractivity contribution in [3.05, 3.63) is 47.5 Å². The standard InChI is InChI=1S/C18H19F4N3O2/c1-17(2)10-25(9-13(17)12-7-23-24(3)8-12)16(26)11-4-5-14(19)15(6-11)27-18(20,21)22/h4-8,13H,9-10H2,1-3H3. The number of hydrogen-bond donors (Lipinski definition) is 0. The van der Waals surface area contributed by atoms with Crippen molar-refractivity contribution in [3.8, 4) is 5.75 Å². The second-order valence-corrected chi connectivity index (χ2v) is 7.37. The molecule has 0 radical (unpaired) electrons. The van der Waals surface area contributed by atoms with Crippen molar-refractivity contribution in [2.75, 3.05) is 13.1 Å². The molecule has 3 rings (SSSR count). The Balaban J connectivity index is 1.83. The average molecular weight is 385 g/mol. The summed E-state index contributed by atoms with van der Waals surface area (Å²) in [7, 11) is 1.80. The van der Waals surface area contributed by atoms with Gasteiger partial charge in [-0.3, -0.25) is 9.48 Å². The van der Waals surface area contributed by atoms with Crippen molar-refractivity contribution in [2.24, 2.45) is 12.5 Å². The Hall–Kier alpha value is -2.58. The van der Waals surface area contributed by atoms with E-state index in [4.69, 9.17) is 0 Å². The maximum atomic E-state index is 13.6. The summed E-state index contributed by atoms with van der Waals surface area (Å²) >= 11 is 0. The van der Waals surface area contributed by atoms with Crippen LogP contribution in [0.4, 0.5) is 17.6 Å². The third kappa shape index (κ3) is 4.06. The van der Waals surface area contributed by atoms with Gasteiger partial charge in [-0.05, 0) is 29.2 Å². The first kappa shape index (κ1) is 19.2. The molecular weight excluding hydrogens is 366 g/mol. The molecule has 1 aromatic carbocycles. The predicted molar refractivity (Wildman–Crippen MR) is 88.7 cm³/mol. The minimum absolute atomic E-state index is 0.0292. The summed E-state index contributed by atoms with van der Waals surface area (Å²) in [6, 6.07) is 2.75. The Morgan fingerprint density at radius 3 is 2.63 bits per heavy atom. The summed E-state index contributed by atoms with van der Waals surface area (Å²) < 4.78 is 56.1. The van der Waals surface area contributed by atoms with E-state index in [1.54, 1.807) is 22.8 Å². The zero-order chi connectivity index (χ0) is 20.0. The summed E-state index contributed by atoms with van der Waals surface area (Å²) in [5, 5.41) is 4.16. The van der Waals surface area contributed by atoms with E-state index in [1.807, 2.05) is 20.0 Å². The number of ether oxygens (including phenoxy) is 1. The van der Waals surface area contributed by atoms with E-state index in [2.05, 4.69) is 9.84 Å². The molecule has 1 amide bonds. The van der Waals surface area contributed by atoms with Gasteiger partial charge >= 0.3 is 6.36 Å². The summed E-state index contributed by atoms with van der Waals surface area (Å²) in [6.45, 7) is 4.84. The van der Waals surface area contributed by atoms with Gasteiger partial charge in [0.1, 0.15) is 0 Å². The van der Waals surface area contributed by atoms with E-state index in [1.165, 1.54) is 0 Å². The number of carbonyl (C=O) groups is 1. The van der Waals surface area contributed by atoms with Gasteiger partial charge in [-0.1, -0.05) is 13.8 Å². The fourth-order valence-corrected chi connectivity index (χ4v) is 3.49. The minimum atomic E-state index is -5.04. The number of benzene rings is 1. The summed E-state index contributed by atoms with van der Waals surface area (Å²) in [5.41, 5.74) is 0.681. The van der Waals surface area contributed by atoms with Crippen molar-refractivity contribution in [1.29, 1.82) is 0 Å². The highest BCUT2D eigenvalue weighted by Crippen LogP contribution is 2.42. The van der Waals surface area contributed by atoms with Gasteiger partial charge in [-0.15, -0.1) is 13.2 Å². The molecule has 1 saturated heterocycles. The second kappa shape index (κ2) is 6.54. The molecular formula is C18H19F4N3O2. The molecule has 1 atom stereocenters. The topological polar surface area (TPSA) is 47.4 Å². The fourth-order valence-electron chi connectivity index (χ4n) is 3.49. The molecule has 0 aliphatic carbocycles. The molecule has 1 unspecified atom stereocenters. The van der Waals surface area contributed by atoms with Crippen molar-refractivity contribution >= 4 is 5.91 Å². The Labute approximate surface area is 153 Å². The van der Waals surface area contributed by atoms with Gasteiger partial charge in [0.2, 0.25) is 0 Å². The summed E-state index contributed by atoms with van der Waals surface area (Å²) in [6.07, 6.45) is -1.41. The molecule has 1 fully saturated rings. The molecule has 0 spiro atoms. The number of aromatic nitrogens is 2. The van der Waals surface area contributed by atoms with E-state index in [0.29, 0.717) is 13.1 Å². The van der Waals surface area contributed by atoms with E-state index >= 15 is 0 Å². The number of halogens is 4. The van der Waals surface area contributed by atoms with Crippen molar-refractivity contribution < 1.29 is 27.1 Å². The van der Waals surface area contributed by atoms with Crippen LogP contribution in [0.15, 0.2) is 30.6 Å². The lowest BCUT2D eigenvalue weighted by atomic mass is 9.79. The van der Waals surface area contributed by atoms with Gasteiger partial charge in [-0.25, -0.2) is 4.39 Å². The van der Waals surface area contributed by atoms with Crippen LogP contribution in [0.2, 0.25) is 0 Å². The fraction of sp³-hybridized carbons (Fsp3) is 0.444. The first-order valence-corrected chi connectivity index (χ1v) is 8.29. The average Bonchev–Trinajstić information content (AvgIpc) is 3.10. The number of rotatable bonds is 3. The highest BCUT2D eigenvalue weighted by molar-refractivity contribution is 5.95. The number of hydrogen-bond acceptors (Lipinski definition) is 3. The Morgan fingerprint density at radius 1 is 1.33 bits per heavy atom. The quantitative estimate of drug-likeness (QED) is 0.757. The SMILES string of the molecule is Cn1cc(C2CN(C(=O)c3ccc(F)c(OC(F)(F)F)c3)CC2(C)C)cn1. The number of alkyl halides is 3. The Morgan fingerprint density at radius 2 is 2.04 bits per heavy atom. The van der Waals surface area contributed by atoms with Gasteiger partial charge in [0.15, 0.2) is 11.6 Å². The van der Waals surface area contributed by atoms with Crippen molar-refractivity contribution in [2.45, 2.75) is 26.1 Å². The monoisotopic (exact) mass is 385 g/mol. The number of aryl methyl sites for hydroxylation is 1. The second-order valence-electron chi connectivity index (χ2n) is 7.37. The van der Waals surface area contributed by atoms with E-state index < -0.39 is 23.8 Å². The van der Waals surface area contributed by atoms with Gasteiger partial charge in [0.25, 0.3) is 5.91 Å². The maximum absolute atomic E-state index is 13.6. The molecule has 1 aromatic heterocycles. The first-order valence-electron chi connectivity index (χ1n) is 8.29. The molecule has 146 valence electrons. The Kier molecular flexibility index (Phi) is 4.65. The minimum Gasteiger partial charge on any atom is -0.403 e. The third-order valence-electron chi connectivity index (χ3n) is 4.76. The van der Waals surface area contributed by atoms with E-state index in [9.17, 15) is 22.4 Å². The molecule has 27 heavy (non-hydrogen) atoms. The lowest BCUT2D eigenvalue weighted by Gasteiger charge is -2.24. The van der Waals surface area contributed by atoms with Crippen molar-refractivity contribution in [3.63, 3.8) is 0 Å². The van der Waals surface area contributed by atoms with Crippen LogP contribution in [0.3, 0.4) is 0 Å². The zero-order valence-corrected chi connectivity index (χ0v) is 15.0. The normalized spacial score (nSPS) is 19.4. The number of amides is 1.